The minimum atomic E-state index is -0.122. The molecule has 0 aliphatic rings. The highest BCUT2D eigenvalue weighted by Gasteiger charge is 2.21. The van der Waals surface area contributed by atoms with Crippen molar-refractivity contribution in [3.05, 3.63) is 47.0 Å². The number of anilines is 1. The number of allylic oxidation sites excluding steroid dienone is 1. The monoisotopic (exact) mass is 385 g/mol. The van der Waals surface area contributed by atoms with E-state index in [0.717, 1.165) is 5.56 Å². The van der Waals surface area contributed by atoms with Crippen LogP contribution in [0.25, 0.3) is 6.08 Å². The summed E-state index contributed by atoms with van der Waals surface area (Å²) in [7, 11) is 6.12. The summed E-state index contributed by atoms with van der Waals surface area (Å²) in [6.07, 6.45) is 1.84. The standard InChI is InChI=1S/C22H27NO5/c1-13(2)16(9-14-7-8-18(25-3)17(23)10-14)21(24)15-11-19(26-4)22(28-6)20(12-15)27-5/h7-13H,23H2,1-6H3. The molecule has 0 amide bonds. The molecule has 0 saturated heterocycles. The van der Waals surface area contributed by atoms with Gasteiger partial charge in [-0.15, -0.1) is 0 Å². The predicted molar refractivity (Wildman–Crippen MR) is 111 cm³/mol. The van der Waals surface area contributed by atoms with Crippen LogP contribution >= 0.6 is 0 Å². The lowest BCUT2D eigenvalue weighted by molar-refractivity contribution is 0.102. The Kier molecular flexibility index (Phi) is 6.93. The smallest absolute Gasteiger partial charge is 0.203 e. The molecule has 2 aromatic rings. The van der Waals surface area contributed by atoms with Gasteiger partial charge in [0, 0.05) is 11.1 Å². The molecule has 0 unspecified atom stereocenters. The normalized spacial score (nSPS) is 11.3. The fourth-order valence-corrected chi connectivity index (χ4v) is 2.90. The van der Waals surface area contributed by atoms with E-state index in [0.29, 0.717) is 39.8 Å². The highest BCUT2D eigenvalue weighted by atomic mass is 16.5. The number of hydrogen-bond donors (Lipinski definition) is 1. The van der Waals surface area contributed by atoms with E-state index in [1.807, 2.05) is 26.0 Å². The van der Waals surface area contributed by atoms with Crippen LogP contribution in [0.4, 0.5) is 5.69 Å². The summed E-state index contributed by atoms with van der Waals surface area (Å²) < 4.78 is 21.2. The van der Waals surface area contributed by atoms with Crippen LogP contribution in [0.1, 0.15) is 29.8 Å². The zero-order valence-corrected chi connectivity index (χ0v) is 17.2. The van der Waals surface area contributed by atoms with Gasteiger partial charge in [0.25, 0.3) is 0 Å². The van der Waals surface area contributed by atoms with Gasteiger partial charge in [-0.1, -0.05) is 19.9 Å². The average molecular weight is 385 g/mol. The molecule has 0 saturated carbocycles. The van der Waals surface area contributed by atoms with Gasteiger partial charge in [-0.3, -0.25) is 4.79 Å². The number of rotatable bonds is 8. The van der Waals surface area contributed by atoms with E-state index in [1.54, 1.807) is 31.4 Å². The number of carbonyl (C=O) groups excluding carboxylic acids is 1. The Labute approximate surface area is 165 Å². The van der Waals surface area contributed by atoms with Gasteiger partial charge in [-0.05, 0) is 41.8 Å². The van der Waals surface area contributed by atoms with Gasteiger partial charge >= 0.3 is 0 Å². The minimum absolute atomic E-state index is 0.00471. The third-order valence-corrected chi connectivity index (χ3v) is 4.39. The van der Waals surface area contributed by atoms with E-state index < -0.39 is 0 Å². The second-order valence-corrected chi connectivity index (χ2v) is 6.50. The Morgan fingerprint density at radius 1 is 0.893 bits per heavy atom. The molecule has 6 heteroatoms. The zero-order valence-electron chi connectivity index (χ0n) is 17.2. The molecule has 0 atom stereocenters. The van der Waals surface area contributed by atoms with Crippen LogP contribution in [0, 0.1) is 5.92 Å². The maximum Gasteiger partial charge on any atom is 0.203 e. The van der Waals surface area contributed by atoms with Crippen molar-refractivity contribution in [1.29, 1.82) is 0 Å². The summed E-state index contributed by atoms with van der Waals surface area (Å²) in [6.45, 7) is 3.93. The van der Waals surface area contributed by atoms with Crippen LogP contribution < -0.4 is 24.7 Å². The quantitative estimate of drug-likeness (QED) is 0.416. The minimum Gasteiger partial charge on any atom is -0.495 e. The highest BCUT2D eigenvalue weighted by Crippen LogP contribution is 2.39. The molecule has 0 fully saturated rings. The number of Topliss-reactive ketones (excluding diaryl/α,β-unsaturated/α-hetero) is 1. The number of benzene rings is 2. The summed E-state index contributed by atoms with van der Waals surface area (Å²) in [5.74, 6) is 1.78. The molecule has 0 radical (unpaired) electrons. The van der Waals surface area contributed by atoms with Gasteiger partial charge in [-0.2, -0.15) is 0 Å². The maximum atomic E-state index is 13.3. The molecule has 150 valence electrons. The third-order valence-electron chi connectivity index (χ3n) is 4.39. The van der Waals surface area contributed by atoms with Crippen LogP contribution in [0.5, 0.6) is 23.0 Å². The topological polar surface area (TPSA) is 80.0 Å². The largest absolute Gasteiger partial charge is 0.495 e. The predicted octanol–water partition coefficient (Wildman–Crippen LogP) is 4.23. The SMILES string of the molecule is COc1ccc(C=C(C(=O)c2cc(OC)c(OC)c(OC)c2)C(C)C)cc1N. The van der Waals surface area contributed by atoms with Crippen molar-refractivity contribution < 1.29 is 23.7 Å². The molecule has 2 aromatic carbocycles. The molecule has 0 bridgehead atoms. The number of nitrogen functional groups attached to an aromatic ring is 1. The first-order valence-corrected chi connectivity index (χ1v) is 8.86. The van der Waals surface area contributed by atoms with E-state index in [2.05, 4.69) is 0 Å². The van der Waals surface area contributed by atoms with Crippen molar-refractivity contribution in [2.45, 2.75) is 13.8 Å². The third kappa shape index (κ3) is 4.39. The van der Waals surface area contributed by atoms with Crippen molar-refractivity contribution in [2.24, 2.45) is 5.92 Å². The summed E-state index contributed by atoms with van der Waals surface area (Å²) in [6, 6.07) is 8.73. The lowest BCUT2D eigenvalue weighted by Gasteiger charge is -2.16. The van der Waals surface area contributed by atoms with Gasteiger partial charge < -0.3 is 24.7 Å². The van der Waals surface area contributed by atoms with Crippen LogP contribution in [-0.4, -0.2) is 34.2 Å². The van der Waals surface area contributed by atoms with E-state index >= 15 is 0 Å². The number of methoxy groups -OCH3 is 4. The van der Waals surface area contributed by atoms with Crippen molar-refractivity contribution in [1.82, 2.24) is 0 Å². The Morgan fingerprint density at radius 2 is 1.46 bits per heavy atom. The number of carbonyl (C=O) groups is 1. The van der Waals surface area contributed by atoms with Crippen LogP contribution in [0.3, 0.4) is 0 Å². The molecule has 0 aromatic heterocycles. The average Bonchev–Trinajstić information content (AvgIpc) is 2.70. The van der Waals surface area contributed by atoms with Crippen LogP contribution in [-0.2, 0) is 0 Å². The Balaban J connectivity index is 2.52. The molecule has 0 spiro atoms. The van der Waals surface area contributed by atoms with Gasteiger partial charge in [0.15, 0.2) is 17.3 Å². The molecular formula is C22H27NO5. The molecule has 2 N–H and O–H groups in total. The summed E-state index contributed by atoms with van der Waals surface area (Å²) in [4.78, 5) is 13.3. The maximum absolute atomic E-state index is 13.3. The molecule has 2 rings (SSSR count). The molecule has 0 aliphatic heterocycles. The fraction of sp³-hybridized carbons (Fsp3) is 0.318. The number of hydrogen-bond acceptors (Lipinski definition) is 6. The second-order valence-electron chi connectivity index (χ2n) is 6.50. The van der Waals surface area contributed by atoms with Crippen molar-refractivity contribution in [3.63, 3.8) is 0 Å². The van der Waals surface area contributed by atoms with E-state index in [-0.39, 0.29) is 11.7 Å². The zero-order chi connectivity index (χ0) is 20.8. The summed E-state index contributed by atoms with van der Waals surface area (Å²) in [5, 5.41) is 0. The molecule has 28 heavy (non-hydrogen) atoms. The van der Waals surface area contributed by atoms with Crippen molar-refractivity contribution in [3.8, 4) is 23.0 Å². The lowest BCUT2D eigenvalue weighted by atomic mass is 9.92. The van der Waals surface area contributed by atoms with E-state index in [1.165, 1.54) is 21.3 Å². The van der Waals surface area contributed by atoms with Crippen molar-refractivity contribution in [2.75, 3.05) is 34.2 Å². The van der Waals surface area contributed by atoms with Crippen LogP contribution in [0.2, 0.25) is 0 Å². The Morgan fingerprint density at radius 3 is 1.89 bits per heavy atom. The van der Waals surface area contributed by atoms with E-state index in [9.17, 15) is 4.79 Å². The molecule has 6 nitrogen and oxygen atoms in total. The Bertz CT molecular complexity index is 861. The molecule has 0 heterocycles. The summed E-state index contributed by atoms with van der Waals surface area (Å²) in [5.41, 5.74) is 8.42. The first-order chi connectivity index (χ1) is 13.4. The highest BCUT2D eigenvalue weighted by molar-refractivity contribution is 6.12. The van der Waals surface area contributed by atoms with Gasteiger partial charge in [-0.25, -0.2) is 0 Å². The van der Waals surface area contributed by atoms with Gasteiger partial charge in [0.05, 0.1) is 34.1 Å². The van der Waals surface area contributed by atoms with Crippen LogP contribution in [0.15, 0.2) is 35.9 Å². The lowest BCUT2D eigenvalue weighted by Crippen LogP contribution is -2.10. The first-order valence-electron chi connectivity index (χ1n) is 8.86. The second kappa shape index (κ2) is 9.17. The van der Waals surface area contributed by atoms with Crippen molar-refractivity contribution >= 4 is 17.5 Å². The number of nitrogens with two attached hydrogens (primary N) is 1. The van der Waals surface area contributed by atoms with E-state index in [4.69, 9.17) is 24.7 Å². The number of ether oxygens (including phenoxy) is 4. The first kappa shape index (κ1) is 21.2. The van der Waals surface area contributed by atoms with Gasteiger partial charge in [0.2, 0.25) is 5.75 Å². The molecular weight excluding hydrogens is 358 g/mol. The molecule has 0 aliphatic carbocycles. The van der Waals surface area contributed by atoms with Gasteiger partial charge in [0.1, 0.15) is 5.75 Å². The Hall–Kier alpha value is -3.15. The summed E-state index contributed by atoms with van der Waals surface area (Å²) >= 11 is 0. The fourth-order valence-electron chi connectivity index (χ4n) is 2.90. The number of ketones is 1.